The van der Waals surface area contributed by atoms with Crippen molar-refractivity contribution in [1.29, 1.82) is 0 Å². The van der Waals surface area contributed by atoms with E-state index < -0.39 is 0 Å². The number of hydrogen-bond acceptors (Lipinski definition) is 3. The summed E-state index contributed by atoms with van der Waals surface area (Å²) in [7, 11) is 0. The lowest BCUT2D eigenvalue weighted by atomic mass is 9.83. The summed E-state index contributed by atoms with van der Waals surface area (Å²) in [6.45, 7) is 5.36. The minimum Gasteiger partial charge on any atom is -0.310 e. The van der Waals surface area contributed by atoms with Gasteiger partial charge in [-0.05, 0) is 37.2 Å². The van der Waals surface area contributed by atoms with Crippen LogP contribution in [-0.4, -0.2) is 11.5 Å². The van der Waals surface area contributed by atoms with E-state index in [1.807, 2.05) is 6.07 Å². The lowest BCUT2D eigenvalue weighted by Crippen LogP contribution is -2.33. The molecule has 0 aliphatic heterocycles. The van der Waals surface area contributed by atoms with E-state index in [4.69, 9.17) is 0 Å². The largest absolute Gasteiger partial charge is 0.310 e. The number of non-ortho nitro benzene ring substituents is 1. The molecule has 0 aromatic heterocycles. The van der Waals surface area contributed by atoms with Crippen molar-refractivity contribution in [2.45, 2.75) is 52.0 Å². The van der Waals surface area contributed by atoms with Crippen molar-refractivity contribution in [2.75, 3.05) is 6.54 Å². The summed E-state index contributed by atoms with van der Waals surface area (Å²) in [6.07, 6.45) is 6.49. The highest BCUT2D eigenvalue weighted by Crippen LogP contribution is 2.40. The molecule has 0 saturated heterocycles. The molecular formula is C16H24N2O2. The number of nitrogens with one attached hydrogen (secondary N) is 1. The van der Waals surface area contributed by atoms with Crippen LogP contribution in [0.15, 0.2) is 24.3 Å². The molecule has 1 aliphatic carbocycles. The SMILES string of the molecule is CCC1(CNC(C)c2cccc([N+](=O)[O-])c2)CCCC1. The van der Waals surface area contributed by atoms with E-state index in [0.29, 0.717) is 5.41 Å². The van der Waals surface area contributed by atoms with Crippen LogP contribution >= 0.6 is 0 Å². The number of nitrogens with zero attached hydrogens (tertiary/aromatic N) is 1. The highest BCUT2D eigenvalue weighted by Gasteiger charge is 2.31. The van der Waals surface area contributed by atoms with Crippen molar-refractivity contribution in [3.8, 4) is 0 Å². The molecule has 1 aromatic carbocycles. The quantitative estimate of drug-likeness (QED) is 0.625. The lowest BCUT2D eigenvalue weighted by Gasteiger charge is -2.29. The number of rotatable bonds is 6. The molecule has 4 heteroatoms. The summed E-state index contributed by atoms with van der Waals surface area (Å²) in [5.74, 6) is 0. The Balaban J connectivity index is 1.99. The van der Waals surface area contributed by atoms with Gasteiger partial charge in [0.15, 0.2) is 0 Å². The van der Waals surface area contributed by atoms with Gasteiger partial charge in [-0.25, -0.2) is 0 Å². The maximum Gasteiger partial charge on any atom is 0.269 e. The van der Waals surface area contributed by atoms with Crippen LogP contribution in [0.25, 0.3) is 0 Å². The summed E-state index contributed by atoms with van der Waals surface area (Å²) in [4.78, 5) is 10.5. The van der Waals surface area contributed by atoms with Gasteiger partial charge in [-0.3, -0.25) is 10.1 Å². The van der Waals surface area contributed by atoms with Gasteiger partial charge in [-0.15, -0.1) is 0 Å². The third kappa shape index (κ3) is 3.37. The summed E-state index contributed by atoms with van der Waals surface area (Å²) in [5.41, 5.74) is 1.60. The monoisotopic (exact) mass is 276 g/mol. The Morgan fingerprint density at radius 2 is 2.10 bits per heavy atom. The Hall–Kier alpha value is -1.42. The number of benzene rings is 1. The van der Waals surface area contributed by atoms with Gasteiger partial charge in [0.2, 0.25) is 0 Å². The Kier molecular flexibility index (Phi) is 4.76. The zero-order valence-corrected chi connectivity index (χ0v) is 12.4. The molecule has 20 heavy (non-hydrogen) atoms. The average molecular weight is 276 g/mol. The van der Waals surface area contributed by atoms with Crippen LogP contribution in [0.2, 0.25) is 0 Å². The van der Waals surface area contributed by atoms with Crippen molar-refractivity contribution < 1.29 is 4.92 Å². The second-order valence-corrected chi connectivity index (χ2v) is 6.02. The fraction of sp³-hybridized carbons (Fsp3) is 0.625. The molecule has 110 valence electrons. The maximum atomic E-state index is 10.8. The van der Waals surface area contributed by atoms with Gasteiger partial charge < -0.3 is 5.32 Å². The van der Waals surface area contributed by atoms with Gasteiger partial charge in [-0.2, -0.15) is 0 Å². The normalized spacial score (nSPS) is 18.9. The molecule has 1 saturated carbocycles. The molecule has 1 fully saturated rings. The van der Waals surface area contributed by atoms with Crippen molar-refractivity contribution in [3.63, 3.8) is 0 Å². The third-order valence-electron chi connectivity index (χ3n) is 4.78. The number of nitro groups is 1. The molecule has 1 aromatic rings. The second-order valence-electron chi connectivity index (χ2n) is 6.02. The first-order valence-electron chi connectivity index (χ1n) is 7.54. The molecule has 0 heterocycles. The number of hydrogen-bond donors (Lipinski definition) is 1. The van der Waals surface area contributed by atoms with Crippen LogP contribution < -0.4 is 5.32 Å². The first kappa shape index (κ1) is 15.0. The van der Waals surface area contributed by atoms with Crippen molar-refractivity contribution in [1.82, 2.24) is 5.32 Å². The van der Waals surface area contributed by atoms with E-state index >= 15 is 0 Å². The van der Waals surface area contributed by atoms with E-state index in [0.717, 1.165) is 12.1 Å². The fourth-order valence-electron chi connectivity index (χ4n) is 3.18. The maximum absolute atomic E-state index is 10.8. The van der Waals surface area contributed by atoms with E-state index in [2.05, 4.69) is 19.2 Å². The van der Waals surface area contributed by atoms with Gasteiger partial charge in [0.1, 0.15) is 0 Å². The zero-order valence-electron chi connectivity index (χ0n) is 12.4. The van der Waals surface area contributed by atoms with Gasteiger partial charge in [-0.1, -0.05) is 31.9 Å². The van der Waals surface area contributed by atoms with Gasteiger partial charge in [0.05, 0.1) is 4.92 Å². The first-order valence-corrected chi connectivity index (χ1v) is 7.54. The number of nitro benzene ring substituents is 1. The van der Waals surface area contributed by atoms with Crippen LogP contribution in [0.3, 0.4) is 0 Å². The Morgan fingerprint density at radius 3 is 2.70 bits per heavy atom. The van der Waals surface area contributed by atoms with Crippen LogP contribution in [0, 0.1) is 15.5 Å². The van der Waals surface area contributed by atoms with Crippen molar-refractivity contribution in [2.24, 2.45) is 5.41 Å². The first-order chi connectivity index (χ1) is 9.56. The molecule has 1 N–H and O–H groups in total. The van der Waals surface area contributed by atoms with Crippen LogP contribution in [0.4, 0.5) is 5.69 Å². The Labute approximate surface area is 120 Å². The van der Waals surface area contributed by atoms with Crippen LogP contribution in [-0.2, 0) is 0 Å². The van der Waals surface area contributed by atoms with Gasteiger partial charge in [0.25, 0.3) is 5.69 Å². The smallest absolute Gasteiger partial charge is 0.269 e. The van der Waals surface area contributed by atoms with Crippen molar-refractivity contribution in [3.05, 3.63) is 39.9 Å². The van der Waals surface area contributed by atoms with E-state index in [1.54, 1.807) is 18.2 Å². The summed E-state index contributed by atoms with van der Waals surface area (Å²) in [5, 5.41) is 14.4. The summed E-state index contributed by atoms with van der Waals surface area (Å²) >= 11 is 0. The molecule has 0 spiro atoms. The summed E-state index contributed by atoms with van der Waals surface area (Å²) < 4.78 is 0. The van der Waals surface area contributed by atoms with Crippen molar-refractivity contribution >= 4 is 5.69 Å². The van der Waals surface area contributed by atoms with E-state index in [9.17, 15) is 10.1 Å². The standard InChI is InChI=1S/C16H24N2O2/c1-3-16(9-4-5-10-16)12-17-13(2)14-7-6-8-15(11-14)18(19)20/h6-8,11,13,17H,3-5,9-10,12H2,1-2H3. The second kappa shape index (κ2) is 6.35. The predicted molar refractivity (Wildman–Crippen MR) is 80.7 cm³/mol. The van der Waals surface area contributed by atoms with E-state index in [1.165, 1.54) is 32.1 Å². The van der Waals surface area contributed by atoms with Gasteiger partial charge in [0, 0.05) is 24.7 Å². The van der Waals surface area contributed by atoms with Crippen LogP contribution in [0.5, 0.6) is 0 Å². The Bertz CT molecular complexity index is 467. The molecule has 4 nitrogen and oxygen atoms in total. The third-order valence-corrected chi connectivity index (χ3v) is 4.78. The molecule has 1 aliphatic rings. The van der Waals surface area contributed by atoms with Crippen LogP contribution in [0.1, 0.15) is 57.6 Å². The molecule has 1 atom stereocenters. The summed E-state index contributed by atoms with van der Waals surface area (Å²) in [6, 6.07) is 7.08. The molecular weight excluding hydrogens is 252 g/mol. The topological polar surface area (TPSA) is 55.2 Å². The molecule has 0 radical (unpaired) electrons. The van der Waals surface area contributed by atoms with Gasteiger partial charge >= 0.3 is 0 Å². The minimum atomic E-state index is -0.333. The fourth-order valence-corrected chi connectivity index (χ4v) is 3.18. The minimum absolute atomic E-state index is 0.152. The molecule has 0 bridgehead atoms. The lowest BCUT2D eigenvalue weighted by molar-refractivity contribution is -0.384. The highest BCUT2D eigenvalue weighted by molar-refractivity contribution is 5.35. The Morgan fingerprint density at radius 1 is 1.40 bits per heavy atom. The average Bonchev–Trinajstić information content (AvgIpc) is 2.94. The molecule has 1 unspecified atom stereocenters. The van der Waals surface area contributed by atoms with E-state index in [-0.39, 0.29) is 16.7 Å². The predicted octanol–water partition coefficient (Wildman–Crippen LogP) is 4.22. The highest BCUT2D eigenvalue weighted by atomic mass is 16.6. The molecule has 0 amide bonds. The zero-order chi connectivity index (χ0) is 14.6. The molecule has 2 rings (SSSR count).